The van der Waals surface area contributed by atoms with Crippen molar-refractivity contribution < 1.29 is 0 Å². The van der Waals surface area contributed by atoms with E-state index < -0.39 is 0 Å². The Morgan fingerprint density at radius 2 is 2.15 bits per heavy atom. The van der Waals surface area contributed by atoms with Gasteiger partial charge in [-0.3, -0.25) is 0 Å². The van der Waals surface area contributed by atoms with E-state index in [-0.39, 0.29) is 5.41 Å². The Morgan fingerprint density at radius 1 is 1.46 bits per heavy atom. The maximum Gasteiger partial charge on any atom is 0.0408 e. The molecule has 0 saturated heterocycles. The Labute approximate surface area is 83.9 Å². The van der Waals surface area contributed by atoms with Gasteiger partial charge in [0.1, 0.15) is 0 Å². The predicted octanol–water partition coefficient (Wildman–Crippen LogP) is 2.64. The van der Waals surface area contributed by atoms with E-state index in [2.05, 4.69) is 13.0 Å². The van der Waals surface area contributed by atoms with Gasteiger partial charge in [0.2, 0.25) is 0 Å². The molecule has 0 heterocycles. The fourth-order valence-electron chi connectivity index (χ4n) is 1.96. The summed E-state index contributed by atoms with van der Waals surface area (Å²) in [6.45, 7) is 2.87. The molecule has 70 valence electrons. The van der Waals surface area contributed by atoms with Crippen molar-refractivity contribution in [2.24, 2.45) is 5.73 Å². The van der Waals surface area contributed by atoms with Gasteiger partial charge in [0, 0.05) is 17.0 Å². The Hall–Kier alpha value is -0.530. The average Bonchev–Trinajstić information content (AvgIpc) is 2.85. The predicted molar refractivity (Wildman–Crippen MR) is 56.2 cm³/mol. The molecule has 1 aliphatic rings. The first kappa shape index (κ1) is 9.04. The zero-order valence-electron chi connectivity index (χ0n) is 7.81. The number of nitrogens with two attached hydrogens (primary N) is 1. The summed E-state index contributed by atoms with van der Waals surface area (Å²) in [6, 6.07) is 6.10. The summed E-state index contributed by atoms with van der Waals surface area (Å²) >= 11 is 5.90. The lowest BCUT2D eigenvalue weighted by Gasteiger charge is -2.15. The smallest absolute Gasteiger partial charge is 0.0408 e. The molecule has 13 heavy (non-hydrogen) atoms. The SMILES string of the molecule is Cc1cc(Cl)ccc1C1(CN)CC1. The normalized spacial score (nSPS) is 18.7. The van der Waals surface area contributed by atoms with Crippen LogP contribution in [-0.4, -0.2) is 6.54 Å². The van der Waals surface area contributed by atoms with Gasteiger partial charge in [-0.15, -0.1) is 0 Å². The molecule has 0 radical (unpaired) electrons. The van der Waals surface area contributed by atoms with Crippen molar-refractivity contribution in [3.05, 3.63) is 34.3 Å². The van der Waals surface area contributed by atoms with Crippen LogP contribution < -0.4 is 5.73 Å². The van der Waals surface area contributed by atoms with Gasteiger partial charge in [0.15, 0.2) is 0 Å². The van der Waals surface area contributed by atoms with E-state index in [0.29, 0.717) is 0 Å². The molecule has 1 aromatic carbocycles. The van der Waals surface area contributed by atoms with Gasteiger partial charge in [-0.25, -0.2) is 0 Å². The third-order valence-corrected chi connectivity index (χ3v) is 3.24. The minimum absolute atomic E-state index is 0.286. The standard InChI is InChI=1S/C11H14ClN/c1-8-6-9(12)2-3-10(8)11(7-13)4-5-11/h2-3,6H,4-5,7,13H2,1H3. The summed E-state index contributed by atoms with van der Waals surface area (Å²) in [5.74, 6) is 0. The molecular weight excluding hydrogens is 182 g/mol. The van der Waals surface area contributed by atoms with Crippen molar-refractivity contribution in [2.45, 2.75) is 25.2 Å². The minimum atomic E-state index is 0.286. The van der Waals surface area contributed by atoms with Gasteiger partial charge in [-0.1, -0.05) is 17.7 Å². The molecule has 1 aliphatic carbocycles. The Morgan fingerprint density at radius 3 is 2.62 bits per heavy atom. The summed E-state index contributed by atoms with van der Waals surface area (Å²) in [6.07, 6.45) is 2.46. The van der Waals surface area contributed by atoms with Crippen LogP contribution in [0.1, 0.15) is 24.0 Å². The summed E-state index contributed by atoms with van der Waals surface area (Å²) in [4.78, 5) is 0. The van der Waals surface area contributed by atoms with Crippen LogP contribution in [0, 0.1) is 6.92 Å². The van der Waals surface area contributed by atoms with Crippen LogP contribution in [0.2, 0.25) is 5.02 Å². The van der Waals surface area contributed by atoms with Crippen molar-refractivity contribution >= 4 is 11.6 Å². The first-order chi connectivity index (χ1) is 6.18. The van der Waals surface area contributed by atoms with Gasteiger partial charge in [0.25, 0.3) is 0 Å². The maximum absolute atomic E-state index is 5.90. The van der Waals surface area contributed by atoms with Crippen molar-refractivity contribution in [3.63, 3.8) is 0 Å². The number of rotatable bonds is 2. The van der Waals surface area contributed by atoms with Crippen molar-refractivity contribution in [1.82, 2.24) is 0 Å². The fourth-order valence-corrected chi connectivity index (χ4v) is 2.18. The van der Waals surface area contributed by atoms with Crippen LogP contribution in [0.25, 0.3) is 0 Å². The van der Waals surface area contributed by atoms with E-state index in [9.17, 15) is 0 Å². The van der Waals surface area contributed by atoms with Gasteiger partial charge in [-0.05, 0) is 43.0 Å². The molecule has 2 rings (SSSR count). The first-order valence-corrected chi connectivity index (χ1v) is 5.02. The molecule has 0 atom stereocenters. The second-order valence-electron chi connectivity index (χ2n) is 3.94. The Kier molecular flexibility index (Phi) is 2.09. The number of hydrogen-bond acceptors (Lipinski definition) is 1. The molecule has 0 aliphatic heterocycles. The van der Waals surface area contributed by atoms with Crippen LogP contribution in [0.5, 0.6) is 0 Å². The van der Waals surface area contributed by atoms with Gasteiger partial charge < -0.3 is 5.73 Å². The summed E-state index contributed by atoms with van der Waals surface area (Å²) in [5.41, 5.74) is 8.72. The monoisotopic (exact) mass is 195 g/mol. The minimum Gasteiger partial charge on any atom is -0.330 e. The van der Waals surface area contributed by atoms with E-state index >= 15 is 0 Å². The third kappa shape index (κ3) is 1.47. The summed E-state index contributed by atoms with van der Waals surface area (Å²) in [7, 11) is 0. The highest BCUT2D eigenvalue weighted by Crippen LogP contribution is 2.48. The number of aryl methyl sites for hydroxylation is 1. The summed E-state index contributed by atoms with van der Waals surface area (Å²) in [5, 5.41) is 0.814. The molecule has 0 amide bonds. The number of hydrogen-bond donors (Lipinski definition) is 1. The van der Waals surface area contributed by atoms with E-state index in [1.165, 1.54) is 24.0 Å². The fraction of sp³-hybridized carbons (Fsp3) is 0.455. The topological polar surface area (TPSA) is 26.0 Å². The maximum atomic E-state index is 5.90. The van der Waals surface area contributed by atoms with Gasteiger partial charge in [-0.2, -0.15) is 0 Å². The second kappa shape index (κ2) is 3.00. The zero-order valence-corrected chi connectivity index (χ0v) is 8.56. The Balaban J connectivity index is 2.41. The first-order valence-electron chi connectivity index (χ1n) is 4.65. The van der Waals surface area contributed by atoms with Crippen LogP contribution in [0.3, 0.4) is 0 Å². The molecule has 0 spiro atoms. The number of benzene rings is 1. The van der Waals surface area contributed by atoms with Crippen molar-refractivity contribution in [2.75, 3.05) is 6.54 Å². The average molecular weight is 196 g/mol. The van der Waals surface area contributed by atoms with E-state index in [0.717, 1.165) is 11.6 Å². The molecule has 0 unspecified atom stereocenters. The van der Waals surface area contributed by atoms with E-state index in [1.807, 2.05) is 12.1 Å². The largest absolute Gasteiger partial charge is 0.330 e. The van der Waals surface area contributed by atoms with E-state index in [4.69, 9.17) is 17.3 Å². The molecule has 1 fully saturated rings. The lowest BCUT2D eigenvalue weighted by Crippen LogP contribution is -2.20. The molecule has 1 aromatic rings. The summed E-state index contributed by atoms with van der Waals surface area (Å²) < 4.78 is 0. The lowest BCUT2D eigenvalue weighted by molar-refractivity contribution is 0.699. The highest BCUT2D eigenvalue weighted by atomic mass is 35.5. The van der Waals surface area contributed by atoms with Crippen LogP contribution in [0.15, 0.2) is 18.2 Å². The van der Waals surface area contributed by atoms with Gasteiger partial charge in [0.05, 0.1) is 0 Å². The highest BCUT2D eigenvalue weighted by Gasteiger charge is 2.43. The van der Waals surface area contributed by atoms with E-state index in [1.54, 1.807) is 0 Å². The molecule has 0 bridgehead atoms. The Bertz CT molecular complexity index is 329. The number of halogens is 1. The molecule has 2 N–H and O–H groups in total. The molecule has 1 saturated carbocycles. The van der Waals surface area contributed by atoms with Crippen molar-refractivity contribution in [1.29, 1.82) is 0 Å². The lowest BCUT2D eigenvalue weighted by atomic mass is 9.92. The zero-order chi connectivity index (χ0) is 9.47. The third-order valence-electron chi connectivity index (χ3n) is 3.00. The van der Waals surface area contributed by atoms with Crippen LogP contribution >= 0.6 is 11.6 Å². The molecular formula is C11H14ClN. The molecule has 2 heteroatoms. The van der Waals surface area contributed by atoms with Gasteiger partial charge >= 0.3 is 0 Å². The van der Waals surface area contributed by atoms with Crippen molar-refractivity contribution in [3.8, 4) is 0 Å². The quantitative estimate of drug-likeness (QED) is 0.772. The van der Waals surface area contributed by atoms with Crippen LogP contribution in [0.4, 0.5) is 0 Å². The molecule has 0 aromatic heterocycles. The molecule has 1 nitrogen and oxygen atoms in total. The highest BCUT2D eigenvalue weighted by molar-refractivity contribution is 6.30. The second-order valence-corrected chi connectivity index (χ2v) is 4.38. The van der Waals surface area contributed by atoms with Crippen LogP contribution in [-0.2, 0) is 5.41 Å².